The Bertz CT molecular complexity index is 1160. The lowest BCUT2D eigenvalue weighted by molar-refractivity contribution is 0.188. The van der Waals surface area contributed by atoms with Crippen LogP contribution in [0.1, 0.15) is 5.56 Å². The number of aromatic nitrogens is 4. The number of anilines is 1. The van der Waals surface area contributed by atoms with Crippen LogP contribution in [-0.2, 0) is 24.9 Å². The van der Waals surface area contributed by atoms with E-state index in [1.165, 1.54) is 4.57 Å². The Morgan fingerprint density at radius 1 is 1.17 bits per heavy atom. The second-order valence-corrected chi connectivity index (χ2v) is 7.81. The van der Waals surface area contributed by atoms with Crippen LogP contribution >= 0.6 is 11.6 Å². The lowest BCUT2D eigenvalue weighted by Gasteiger charge is -2.35. The highest BCUT2D eigenvalue weighted by atomic mass is 35.5. The third-order valence-electron chi connectivity index (χ3n) is 5.51. The first-order valence-electron chi connectivity index (χ1n) is 9.88. The average Bonchev–Trinajstić information content (AvgIpc) is 3.13. The molecule has 2 aromatic heterocycles. The van der Waals surface area contributed by atoms with Crippen molar-refractivity contribution >= 4 is 28.7 Å². The highest BCUT2D eigenvalue weighted by molar-refractivity contribution is 6.31. The first-order valence-corrected chi connectivity index (χ1v) is 10.3. The van der Waals surface area contributed by atoms with Crippen molar-refractivity contribution in [3.63, 3.8) is 0 Å². The molecule has 1 saturated heterocycles. The number of fused-ring (bicyclic) bond motifs is 1. The standard InChI is InChI=1S/C20H25ClN6O3/c1-24-17-16(18(28)23-20(24)29)27(11-12-30-2)19(22-17)26-9-7-25(8-10-26)13-14-5-3-4-6-15(14)21/h3-6H,7-13H2,1-2H3,(H,23,28,29). The van der Waals surface area contributed by atoms with Gasteiger partial charge in [0.2, 0.25) is 5.95 Å². The van der Waals surface area contributed by atoms with Gasteiger partial charge >= 0.3 is 5.69 Å². The van der Waals surface area contributed by atoms with Crippen LogP contribution in [0.3, 0.4) is 0 Å². The number of aryl methyl sites for hydroxylation is 1. The number of nitrogens with one attached hydrogen (secondary N) is 1. The summed E-state index contributed by atoms with van der Waals surface area (Å²) in [6.07, 6.45) is 0. The highest BCUT2D eigenvalue weighted by Gasteiger charge is 2.25. The fourth-order valence-electron chi connectivity index (χ4n) is 3.83. The van der Waals surface area contributed by atoms with Crippen molar-refractivity contribution in [2.24, 2.45) is 7.05 Å². The maximum Gasteiger partial charge on any atom is 0.329 e. The molecule has 0 radical (unpaired) electrons. The summed E-state index contributed by atoms with van der Waals surface area (Å²) in [6.45, 7) is 4.90. The number of benzene rings is 1. The minimum Gasteiger partial charge on any atom is -0.383 e. The lowest BCUT2D eigenvalue weighted by atomic mass is 10.2. The molecule has 1 fully saturated rings. The third kappa shape index (κ3) is 3.88. The summed E-state index contributed by atoms with van der Waals surface area (Å²) in [4.78, 5) is 36.1. The molecular formula is C20H25ClN6O3. The van der Waals surface area contributed by atoms with Crippen LogP contribution in [0.5, 0.6) is 0 Å². The molecule has 0 spiro atoms. The van der Waals surface area contributed by atoms with Crippen molar-refractivity contribution < 1.29 is 4.74 Å². The predicted octanol–water partition coefficient (Wildman–Crippen LogP) is 1.05. The zero-order valence-electron chi connectivity index (χ0n) is 17.1. The lowest BCUT2D eigenvalue weighted by Crippen LogP contribution is -2.47. The molecule has 1 aliphatic heterocycles. The molecule has 1 aromatic carbocycles. The van der Waals surface area contributed by atoms with Crippen molar-refractivity contribution in [3.05, 3.63) is 55.7 Å². The van der Waals surface area contributed by atoms with Crippen molar-refractivity contribution in [1.82, 2.24) is 24.0 Å². The molecule has 160 valence electrons. The van der Waals surface area contributed by atoms with Gasteiger partial charge in [-0.3, -0.25) is 19.2 Å². The van der Waals surface area contributed by atoms with Crippen LogP contribution in [-0.4, -0.2) is 63.9 Å². The number of hydrogen-bond acceptors (Lipinski definition) is 6. The monoisotopic (exact) mass is 432 g/mol. The fourth-order valence-corrected chi connectivity index (χ4v) is 4.03. The van der Waals surface area contributed by atoms with Gasteiger partial charge in [-0.15, -0.1) is 0 Å². The van der Waals surface area contributed by atoms with Crippen LogP contribution in [0.15, 0.2) is 33.9 Å². The minimum atomic E-state index is -0.472. The average molecular weight is 433 g/mol. The van der Waals surface area contributed by atoms with Crippen LogP contribution in [0.2, 0.25) is 5.02 Å². The normalized spacial score (nSPS) is 15.2. The van der Waals surface area contributed by atoms with E-state index in [4.69, 9.17) is 16.3 Å². The molecule has 10 heteroatoms. The highest BCUT2D eigenvalue weighted by Crippen LogP contribution is 2.22. The predicted molar refractivity (Wildman–Crippen MR) is 116 cm³/mol. The molecule has 0 atom stereocenters. The second-order valence-electron chi connectivity index (χ2n) is 7.40. The third-order valence-corrected chi connectivity index (χ3v) is 5.88. The van der Waals surface area contributed by atoms with Gasteiger partial charge in [-0.1, -0.05) is 29.8 Å². The number of aromatic amines is 1. The van der Waals surface area contributed by atoms with Gasteiger partial charge in [-0.2, -0.15) is 4.98 Å². The van der Waals surface area contributed by atoms with E-state index in [0.717, 1.165) is 43.3 Å². The first-order chi connectivity index (χ1) is 14.5. The van der Waals surface area contributed by atoms with Crippen molar-refractivity contribution in [3.8, 4) is 0 Å². The van der Waals surface area contributed by atoms with Gasteiger partial charge in [0.25, 0.3) is 5.56 Å². The Kier molecular flexibility index (Phi) is 5.94. The van der Waals surface area contributed by atoms with Gasteiger partial charge in [0, 0.05) is 58.4 Å². The van der Waals surface area contributed by atoms with E-state index in [1.807, 2.05) is 28.8 Å². The molecule has 30 heavy (non-hydrogen) atoms. The maximum atomic E-state index is 12.5. The van der Waals surface area contributed by atoms with Crippen LogP contribution < -0.4 is 16.1 Å². The number of rotatable bonds is 6. The summed E-state index contributed by atoms with van der Waals surface area (Å²) in [5, 5.41) is 0.779. The number of halogens is 1. The van der Waals surface area contributed by atoms with Gasteiger partial charge in [0.1, 0.15) is 0 Å². The topological polar surface area (TPSA) is 88.4 Å². The Labute approximate surface area is 178 Å². The quantitative estimate of drug-likeness (QED) is 0.626. The van der Waals surface area contributed by atoms with E-state index in [-0.39, 0.29) is 0 Å². The van der Waals surface area contributed by atoms with Gasteiger partial charge < -0.3 is 14.2 Å². The molecule has 0 aliphatic carbocycles. The summed E-state index contributed by atoms with van der Waals surface area (Å²) in [5.41, 5.74) is 0.984. The molecule has 0 unspecified atom stereocenters. The number of nitrogens with zero attached hydrogens (tertiary/aromatic N) is 5. The molecule has 0 amide bonds. The van der Waals surface area contributed by atoms with Crippen LogP contribution in [0.25, 0.3) is 11.2 Å². The Morgan fingerprint density at radius 2 is 1.90 bits per heavy atom. The summed E-state index contributed by atoms with van der Waals surface area (Å²) < 4.78 is 8.45. The molecule has 0 saturated carbocycles. The molecule has 3 heterocycles. The number of piperazine rings is 1. The second kappa shape index (κ2) is 8.63. The molecule has 9 nitrogen and oxygen atoms in total. The number of ether oxygens (including phenoxy) is 1. The zero-order chi connectivity index (χ0) is 21.3. The van der Waals surface area contributed by atoms with Crippen molar-refractivity contribution in [2.75, 3.05) is 44.8 Å². The summed E-state index contributed by atoms with van der Waals surface area (Å²) in [6, 6.07) is 7.89. The summed E-state index contributed by atoms with van der Waals surface area (Å²) >= 11 is 6.30. The minimum absolute atomic E-state index is 0.383. The smallest absolute Gasteiger partial charge is 0.329 e. The maximum absolute atomic E-state index is 12.5. The van der Waals surface area contributed by atoms with Crippen molar-refractivity contribution in [2.45, 2.75) is 13.1 Å². The van der Waals surface area contributed by atoms with Crippen LogP contribution in [0, 0.1) is 0 Å². The SMILES string of the molecule is COCCn1c(N2CCN(Cc3ccccc3Cl)CC2)nc2c1c(=O)[nH]c(=O)n2C. The number of hydrogen-bond donors (Lipinski definition) is 1. The van der Waals surface area contributed by atoms with Gasteiger partial charge in [0.15, 0.2) is 11.2 Å². The fraction of sp³-hybridized carbons (Fsp3) is 0.450. The van der Waals surface area contributed by atoms with Crippen LogP contribution in [0.4, 0.5) is 5.95 Å². The van der Waals surface area contributed by atoms with E-state index >= 15 is 0 Å². The number of imidazole rings is 1. The van der Waals surface area contributed by atoms with E-state index < -0.39 is 11.2 Å². The number of H-pyrrole nitrogens is 1. The molecule has 4 rings (SSSR count). The molecule has 0 bridgehead atoms. The molecule has 1 N–H and O–H groups in total. The van der Waals surface area contributed by atoms with E-state index in [9.17, 15) is 9.59 Å². The number of methoxy groups -OCH3 is 1. The first kappa shape index (κ1) is 20.6. The molecule has 1 aliphatic rings. The van der Waals surface area contributed by atoms with E-state index in [2.05, 4.69) is 19.8 Å². The molecule has 3 aromatic rings. The van der Waals surface area contributed by atoms with Gasteiger partial charge in [-0.05, 0) is 11.6 Å². The van der Waals surface area contributed by atoms with E-state index in [1.54, 1.807) is 14.2 Å². The van der Waals surface area contributed by atoms with E-state index in [0.29, 0.717) is 30.3 Å². The Balaban J connectivity index is 1.60. The Morgan fingerprint density at radius 3 is 2.60 bits per heavy atom. The summed E-state index contributed by atoms with van der Waals surface area (Å²) in [7, 11) is 3.23. The molecular weight excluding hydrogens is 408 g/mol. The van der Waals surface area contributed by atoms with Gasteiger partial charge in [0.05, 0.1) is 6.61 Å². The van der Waals surface area contributed by atoms with Gasteiger partial charge in [-0.25, -0.2) is 4.79 Å². The largest absolute Gasteiger partial charge is 0.383 e. The van der Waals surface area contributed by atoms with Crippen molar-refractivity contribution in [1.29, 1.82) is 0 Å². The zero-order valence-corrected chi connectivity index (χ0v) is 17.9. The Hall–Kier alpha value is -2.62. The summed E-state index contributed by atoms with van der Waals surface area (Å²) in [5.74, 6) is 0.686.